The van der Waals surface area contributed by atoms with Crippen molar-refractivity contribution in [2.45, 2.75) is 19.8 Å². The van der Waals surface area contributed by atoms with E-state index in [1.165, 1.54) is 0 Å². The van der Waals surface area contributed by atoms with Gasteiger partial charge in [0.2, 0.25) is 5.91 Å². The molecular weight excluding hydrogens is 264 g/mol. The molecule has 0 aliphatic rings. The quantitative estimate of drug-likeness (QED) is 0.935. The predicted octanol–water partition coefficient (Wildman–Crippen LogP) is 2.62. The van der Waals surface area contributed by atoms with Crippen LogP contribution < -0.4 is 10.5 Å². The van der Waals surface area contributed by atoms with Crippen molar-refractivity contribution in [3.63, 3.8) is 0 Å². The topological polar surface area (TPSA) is 65.2 Å². The number of hydrogen-bond donors (Lipinski definition) is 1. The van der Waals surface area contributed by atoms with Gasteiger partial charge in [-0.1, -0.05) is 11.6 Å². The molecule has 5 heteroatoms. The Balaban J connectivity index is 2.64. The Kier molecular flexibility index (Phi) is 3.90. The molecule has 100 valence electrons. The average Bonchev–Trinajstić information content (AvgIpc) is 2.35. The fourth-order valence-corrected chi connectivity index (χ4v) is 2.51. The summed E-state index contributed by atoms with van der Waals surface area (Å²) in [6.07, 6.45) is 0.736. The van der Waals surface area contributed by atoms with Gasteiger partial charge in [-0.2, -0.15) is 0 Å². The third kappa shape index (κ3) is 2.79. The molecule has 0 atom stereocenters. The summed E-state index contributed by atoms with van der Waals surface area (Å²) >= 11 is 6.30. The van der Waals surface area contributed by atoms with Crippen LogP contribution in [-0.4, -0.2) is 18.0 Å². The maximum absolute atomic E-state index is 11.0. The number of primary amides is 1. The van der Waals surface area contributed by atoms with Crippen LogP contribution in [0.3, 0.4) is 0 Å². The van der Waals surface area contributed by atoms with Gasteiger partial charge in [0.1, 0.15) is 5.75 Å². The lowest BCUT2D eigenvalue weighted by atomic mass is 10.0. The summed E-state index contributed by atoms with van der Waals surface area (Å²) in [6, 6.07) is 5.50. The fourth-order valence-electron chi connectivity index (χ4n) is 2.14. The van der Waals surface area contributed by atoms with E-state index >= 15 is 0 Å². The zero-order valence-electron chi connectivity index (χ0n) is 10.9. The Morgan fingerprint density at radius 1 is 1.47 bits per heavy atom. The van der Waals surface area contributed by atoms with E-state index in [0.29, 0.717) is 17.2 Å². The van der Waals surface area contributed by atoms with Crippen molar-refractivity contribution in [1.82, 2.24) is 4.98 Å². The highest BCUT2D eigenvalue weighted by Crippen LogP contribution is 2.33. The fraction of sp³-hybridized carbons (Fsp3) is 0.286. The Labute approximate surface area is 116 Å². The van der Waals surface area contributed by atoms with Crippen molar-refractivity contribution < 1.29 is 9.53 Å². The number of aromatic nitrogens is 1. The first kappa shape index (κ1) is 13.6. The van der Waals surface area contributed by atoms with E-state index in [-0.39, 0.29) is 12.3 Å². The van der Waals surface area contributed by atoms with E-state index in [9.17, 15) is 4.79 Å². The third-order valence-corrected chi connectivity index (χ3v) is 3.26. The van der Waals surface area contributed by atoms with Gasteiger partial charge in [0.25, 0.3) is 0 Å². The van der Waals surface area contributed by atoms with Gasteiger partial charge in [0.05, 0.1) is 17.6 Å². The minimum atomic E-state index is -0.352. The third-order valence-electron chi connectivity index (χ3n) is 2.96. The number of carbonyl (C=O) groups excluding carboxylic acids is 1. The second-order valence-electron chi connectivity index (χ2n) is 4.35. The van der Waals surface area contributed by atoms with E-state index in [2.05, 4.69) is 4.98 Å². The summed E-state index contributed by atoms with van der Waals surface area (Å²) in [6.45, 7) is 1.89. The molecule has 0 saturated heterocycles. The first-order valence-corrected chi connectivity index (χ1v) is 6.31. The van der Waals surface area contributed by atoms with Crippen molar-refractivity contribution in [1.29, 1.82) is 0 Å². The molecule has 0 radical (unpaired) electrons. The molecule has 0 unspecified atom stereocenters. The van der Waals surface area contributed by atoms with Gasteiger partial charge < -0.3 is 10.5 Å². The van der Waals surface area contributed by atoms with Gasteiger partial charge in [-0.25, -0.2) is 0 Å². The predicted molar refractivity (Wildman–Crippen MR) is 75.6 cm³/mol. The molecule has 0 aliphatic carbocycles. The molecule has 1 aromatic carbocycles. The zero-order chi connectivity index (χ0) is 14.0. The highest BCUT2D eigenvalue weighted by Gasteiger charge is 2.13. The highest BCUT2D eigenvalue weighted by atomic mass is 35.5. The van der Waals surface area contributed by atoms with Gasteiger partial charge in [0, 0.05) is 23.1 Å². The van der Waals surface area contributed by atoms with Gasteiger partial charge in [0.15, 0.2) is 0 Å². The van der Waals surface area contributed by atoms with E-state index in [0.717, 1.165) is 22.2 Å². The minimum absolute atomic E-state index is 0.250. The highest BCUT2D eigenvalue weighted by molar-refractivity contribution is 6.35. The number of fused-ring (bicyclic) bond motifs is 1. The van der Waals surface area contributed by atoms with Crippen molar-refractivity contribution in [3.05, 3.63) is 34.5 Å². The minimum Gasteiger partial charge on any atom is -0.496 e. The number of aryl methyl sites for hydroxylation is 2. The Morgan fingerprint density at radius 2 is 2.21 bits per heavy atom. The monoisotopic (exact) mass is 278 g/mol. The summed E-state index contributed by atoms with van der Waals surface area (Å²) in [4.78, 5) is 15.4. The van der Waals surface area contributed by atoms with Crippen molar-refractivity contribution in [2.75, 3.05) is 7.11 Å². The van der Waals surface area contributed by atoms with Crippen LogP contribution in [0.5, 0.6) is 5.75 Å². The zero-order valence-corrected chi connectivity index (χ0v) is 11.6. The lowest BCUT2D eigenvalue weighted by Crippen LogP contribution is -2.11. The number of amides is 1. The molecule has 1 heterocycles. The van der Waals surface area contributed by atoms with E-state index in [1.54, 1.807) is 13.2 Å². The molecule has 19 heavy (non-hydrogen) atoms. The van der Waals surface area contributed by atoms with Crippen LogP contribution in [0.4, 0.5) is 0 Å². The van der Waals surface area contributed by atoms with Gasteiger partial charge in [-0.3, -0.25) is 9.78 Å². The van der Waals surface area contributed by atoms with E-state index in [4.69, 9.17) is 22.1 Å². The first-order chi connectivity index (χ1) is 9.02. The summed E-state index contributed by atoms with van der Waals surface area (Å²) in [5.74, 6) is 0.344. The van der Waals surface area contributed by atoms with Crippen LogP contribution in [-0.2, 0) is 11.2 Å². The maximum Gasteiger partial charge on any atom is 0.217 e. The summed E-state index contributed by atoms with van der Waals surface area (Å²) < 4.78 is 5.33. The van der Waals surface area contributed by atoms with Crippen molar-refractivity contribution in [3.8, 4) is 5.75 Å². The van der Waals surface area contributed by atoms with Gasteiger partial charge >= 0.3 is 0 Å². The standard InChI is InChI=1S/C14H15ClN2O2/c1-8-7-10(15)14-9(3-6-13(16)18)12(19-2)5-4-11(14)17-8/h4-5,7H,3,6H2,1-2H3,(H2,16,18). The number of ether oxygens (including phenoxy) is 1. The SMILES string of the molecule is COc1ccc2nc(C)cc(Cl)c2c1CCC(N)=O. The second-order valence-corrected chi connectivity index (χ2v) is 4.76. The molecule has 0 saturated carbocycles. The smallest absolute Gasteiger partial charge is 0.217 e. The molecule has 0 fully saturated rings. The molecular formula is C14H15ClN2O2. The molecule has 0 spiro atoms. The largest absolute Gasteiger partial charge is 0.496 e. The van der Waals surface area contributed by atoms with Crippen LogP contribution >= 0.6 is 11.6 Å². The summed E-state index contributed by atoms with van der Waals surface area (Å²) in [5.41, 5.74) is 7.73. The number of carbonyl (C=O) groups is 1. The Morgan fingerprint density at radius 3 is 2.84 bits per heavy atom. The first-order valence-electron chi connectivity index (χ1n) is 5.94. The average molecular weight is 279 g/mol. The van der Waals surface area contributed by atoms with Crippen LogP contribution in [0.1, 0.15) is 17.7 Å². The van der Waals surface area contributed by atoms with E-state index < -0.39 is 0 Å². The molecule has 1 amide bonds. The second kappa shape index (κ2) is 5.45. The van der Waals surface area contributed by atoms with E-state index in [1.807, 2.05) is 19.1 Å². The lowest BCUT2D eigenvalue weighted by Gasteiger charge is -2.12. The normalized spacial score (nSPS) is 10.7. The maximum atomic E-state index is 11.0. The van der Waals surface area contributed by atoms with Crippen LogP contribution in [0, 0.1) is 6.92 Å². The Hall–Kier alpha value is -1.81. The number of pyridine rings is 1. The molecule has 1 aromatic heterocycles. The van der Waals surface area contributed by atoms with Crippen LogP contribution in [0.15, 0.2) is 18.2 Å². The number of benzene rings is 1. The number of methoxy groups -OCH3 is 1. The van der Waals surface area contributed by atoms with Crippen molar-refractivity contribution >= 4 is 28.4 Å². The van der Waals surface area contributed by atoms with Crippen molar-refractivity contribution in [2.24, 2.45) is 5.73 Å². The molecule has 0 aliphatic heterocycles. The number of nitrogens with zero attached hydrogens (tertiary/aromatic N) is 1. The van der Waals surface area contributed by atoms with Gasteiger partial charge in [-0.15, -0.1) is 0 Å². The molecule has 2 rings (SSSR count). The summed E-state index contributed by atoms with van der Waals surface area (Å²) in [7, 11) is 1.59. The number of halogens is 1. The number of hydrogen-bond acceptors (Lipinski definition) is 3. The number of nitrogens with two attached hydrogens (primary N) is 1. The summed E-state index contributed by atoms with van der Waals surface area (Å²) in [5, 5.41) is 1.44. The lowest BCUT2D eigenvalue weighted by molar-refractivity contribution is -0.117. The number of rotatable bonds is 4. The molecule has 2 aromatic rings. The molecule has 2 N–H and O–H groups in total. The van der Waals surface area contributed by atoms with Crippen LogP contribution in [0.25, 0.3) is 10.9 Å². The molecule has 4 nitrogen and oxygen atoms in total. The Bertz CT molecular complexity index is 641. The van der Waals surface area contributed by atoms with Crippen LogP contribution in [0.2, 0.25) is 5.02 Å². The molecule has 0 bridgehead atoms. The van der Waals surface area contributed by atoms with Gasteiger partial charge in [-0.05, 0) is 31.5 Å².